The molecule has 4 aromatic carbocycles. The number of nitro groups is 1. The Kier molecular flexibility index (Phi) is 6.39. The van der Waals surface area contributed by atoms with Gasteiger partial charge in [0.1, 0.15) is 10.6 Å². The van der Waals surface area contributed by atoms with Crippen molar-refractivity contribution in [2.24, 2.45) is 5.10 Å². The predicted octanol–water partition coefficient (Wildman–Crippen LogP) is 5.32. The molecule has 0 aliphatic carbocycles. The fraction of sp³-hybridized carbons (Fsp3) is 0.0800. The molecule has 0 aromatic heterocycles. The van der Waals surface area contributed by atoms with Crippen LogP contribution in [0.4, 0.5) is 17.1 Å². The van der Waals surface area contributed by atoms with Crippen molar-refractivity contribution < 1.29 is 18.4 Å². The Balaban J connectivity index is 1.71. The largest absolute Gasteiger partial charge is 0.507 e. The number of hydrogen-bond acceptors (Lipinski definition) is 7. The Morgan fingerprint density at radius 1 is 0.971 bits per heavy atom. The van der Waals surface area contributed by atoms with Gasteiger partial charge in [0.25, 0.3) is 15.7 Å². The Labute approximate surface area is 201 Å². The summed E-state index contributed by atoms with van der Waals surface area (Å²) < 4.78 is 29.0. The molecule has 0 spiro atoms. The third kappa shape index (κ3) is 5.07. The Bertz CT molecular complexity index is 1580. The highest BCUT2D eigenvalue weighted by Crippen LogP contribution is 2.30. The van der Waals surface area contributed by atoms with Gasteiger partial charge in [-0.05, 0) is 48.4 Å². The van der Waals surface area contributed by atoms with Crippen LogP contribution in [0.25, 0.3) is 10.8 Å². The molecule has 4 rings (SSSR count). The first-order valence-electron chi connectivity index (χ1n) is 10.5. The predicted molar refractivity (Wildman–Crippen MR) is 137 cm³/mol. The quantitative estimate of drug-likeness (QED) is 0.182. The zero-order valence-electron chi connectivity index (χ0n) is 18.9. The van der Waals surface area contributed by atoms with E-state index in [1.165, 1.54) is 18.3 Å². The normalized spacial score (nSPS) is 11.6. The number of fused-ring (bicyclic) bond motifs is 1. The van der Waals surface area contributed by atoms with Gasteiger partial charge >= 0.3 is 0 Å². The molecule has 0 aliphatic heterocycles. The molecular weight excluding hydrogens is 468 g/mol. The van der Waals surface area contributed by atoms with Crippen molar-refractivity contribution >= 4 is 44.1 Å². The fourth-order valence-corrected chi connectivity index (χ4v) is 4.96. The number of phenolic OH excluding ortho intramolecular Hbond substituents is 1. The third-order valence-corrected chi connectivity index (χ3v) is 6.82. The van der Waals surface area contributed by atoms with E-state index in [1.807, 2.05) is 37.3 Å². The van der Waals surface area contributed by atoms with Crippen molar-refractivity contribution in [2.45, 2.75) is 18.7 Å². The van der Waals surface area contributed by atoms with Crippen LogP contribution in [-0.4, -0.2) is 24.7 Å². The lowest BCUT2D eigenvalue weighted by molar-refractivity contribution is -0.385. The molecule has 35 heavy (non-hydrogen) atoms. The zero-order valence-corrected chi connectivity index (χ0v) is 19.7. The van der Waals surface area contributed by atoms with Gasteiger partial charge in [-0.3, -0.25) is 20.3 Å². The van der Waals surface area contributed by atoms with E-state index in [1.54, 1.807) is 31.2 Å². The summed E-state index contributed by atoms with van der Waals surface area (Å²) in [4.78, 5) is 10.3. The number of non-ortho nitro benzene ring substituents is 1. The van der Waals surface area contributed by atoms with E-state index in [0.717, 1.165) is 22.4 Å². The number of nitrogens with zero attached hydrogens (tertiary/aromatic N) is 2. The van der Waals surface area contributed by atoms with Crippen LogP contribution in [0.3, 0.4) is 0 Å². The minimum Gasteiger partial charge on any atom is -0.507 e. The second kappa shape index (κ2) is 9.43. The van der Waals surface area contributed by atoms with Gasteiger partial charge in [0.15, 0.2) is 0 Å². The zero-order chi connectivity index (χ0) is 25.2. The summed E-state index contributed by atoms with van der Waals surface area (Å²) in [6.07, 6.45) is 1.37. The first kappa shape index (κ1) is 23.7. The summed E-state index contributed by atoms with van der Waals surface area (Å²) in [5.41, 5.74) is 4.77. The average Bonchev–Trinajstić information content (AvgIpc) is 2.82. The summed E-state index contributed by atoms with van der Waals surface area (Å²) in [5.74, 6) is 0.00214. The molecule has 0 fully saturated rings. The molecule has 0 radical (unpaired) electrons. The lowest BCUT2D eigenvalue weighted by atomic mass is 10.0. The average molecular weight is 491 g/mol. The van der Waals surface area contributed by atoms with Crippen molar-refractivity contribution in [2.75, 3.05) is 10.1 Å². The highest BCUT2D eigenvalue weighted by molar-refractivity contribution is 7.92. The van der Waals surface area contributed by atoms with Crippen LogP contribution in [-0.2, 0) is 10.0 Å². The summed E-state index contributed by atoms with van der Waals surface area (Å²) >= 11 is 0. The minimum atomic E-state index is -4.21. The maximum atomic E-state index is 13.2. The highest BCUT2D eigenvalue weighted by atomic mass is 32.2. The van der Waals surface area contributed by atoms with E-state index >= 15 is 0 Å². The number of hydrogen-bond donors (Lipinski definition) is 3. The van der Waals surface area contributed by atoms with Gasteiger partial charge in [0.05, 0.1) is 22.5 Å². The molecule has 0 saturated carbocycles. The van der Waals surface area contributed by atoms with E-state index in [0.29, 0.717) is 16.8 Å². The molecule has 0 atom stereocenters. The lowest BCUT2D eigenvalue weighted by Crippen LogP contribution is -2.16. The van der Waals surface area contributed by atoms with E-state index in [9.17, 15) is 23.6 Å². The minimum absolute atomic E-state index is 0.00214. The molecule has 0 unspecified atom stereocenters. The van der Waals surface area contributed by atoms with E-state index < -0.39 is 14.9 Å². The number of rotatable bonds is 7. The second-order valence-electron chi connectivity index (χ2n) is 7.95. The number of nitrogens with one attached hydrogen (secondary N) is 2. The van der Waals surface area contributed by atoms with Crippen molar-refractivity contribution in [3.8, 4) is 5.75 Å². The summed E-state index contributed by atoms with van der Waals surface area (Å²) in [5, 5.41) is 27.4. The Morgan fingerprint density at radius 2 is 1.71 bits per heavy atom. The molecule has 10 heteroatoms. The first-order valence-corrected chi connectivity index (χ1v) is 12.0. The van der Waals surface area contributed by atoms with Gasteiger partial charge < -0.3 is 5.11 Å². The monoisotopic (exact) mass is 490 g/mol. The number of phenols is 1. The first-order chi connectivity index (χ1) is 16.7. The number of benzene rings is 4. The lowest BCUT2D eigenvalue weighted by Gasteiger charge is -2.14. The fourth-order valence-electron chi connectivity index (χ4n) is 3.65. The third-order valence-electron chi connectivity index (χ3n) is 5.42. The number of anilines is 2. The van der Waals surface area contributed by atoms with Crippen LogP contribution < -0.4 is 10.1 Å². The summed E-state index contributed by atoms with van der Waals surface area (Å²) in [6, 6.07) is 19.4. The van der Waals surface area contributed by atoms with Gasteiger partial charge in [-0.25, -0.2) is 8.42 Å². The molecule has 3 N–H and O–H groups in total. The molecule has 9 nitrogen and oxygen atoms in total. The maximum Gasteiger partial charge on any atom is 0.270 e. The number of nitro benzene ring substituents is 1. The topological polar surface area (TPSA) is 134 Å². The van der Waals surface area contributed by atoms with Crippen LogP contribution in [0.2, 0.25) is 0 Å². The SMILES string of the molecule is Cc1ccc(NS(=O)(=O)c2cc([N+](=O)[O-])ccc2N/N=C\c2c(O)ccc3ccccc23)c(C)c1. The standard InChI is InChI=1S/C25H22N4O5S/c1-16-7-10-22(17(2)13-16)28-35(33,34)25-14-19(29(31)32)9-11-23(25)27-26-15-21-20-6-4-3-5-18(20)8-12-24(21)30/h3-15,27-28,30H,1-2H3/b26-15-. The van der Waals surface area contributed by atoms with Crippen molar-refractivity contribution in [1.29, 1.82) is 0 Å². The molecular formula is C25H22N4O5S. The maximum absolute atomic E-state index is 13.2. The smallest absolute Gasteiger partial charge is 0.270 e. The Hall–Kier alpha value is -4.44. The summed E-state index contributed by atoms with van der Waals surface area (Å²) in [7, 11) is -4.21. The van der Waals surface area contributed by atoms with E-state index in [4.69, 9.17) is 0 Å². The van der Waals surface area contributed by atoms with Gasteiger partial charge in [-0.15, -0.1) is 0 Å². The second-order valence-corrected chi connectivity index (χ2v) is 9.60. The molecule has 178 valence electrons. The Morgan fingerprint density at radius 3 is 2.46 bits per heavy atom. The van der Waals surface area contributed by atoms with Crippen molar-refractivity contribution in [3.63, 3.8) is 0 Å². The number of aromatic hydroxyl groups is 1. The van der Waals surface area contributed by atoms with Crippen molar-refractivity contribution in [3.05, 3.63) is 99.6 Å². The number of aryl methyl sites for hydroxylation is 2. The molecule has 0 bridgehead atoms. The van der Waals surface area contributed by atoms with Gasteiger partial charge in [-0.2, -0.15) is 5.10 Å². The number of sulfonamides is 1. The highest BCUT2D eigenvalue weighted by Gasteiger charge is 2.23. The molecule has 0 amide bonds. The molecule has 4 aromatic rings. The molecule has 0 heterocycles. The van der Waals surface area contributed by atoms with Crippen LogP contribution >= 0.6 is 0 Å². The van der Waals surface area contributed by atoms with Crippen LogP contribution in [0, 0.1) is 24.0 Å². The van der Waals surface area contributed by atoms with Gasteiger partial charge in [0.2, 0.25) is 0 Å². The van der Waals surface area contributed by atoms with E-state index in [2.05, 4.69) is 15.2 Å². The van der Waals surface area contributed by atoms with E-state index in [-0.39, 0.29) is 22.0 Å². The molecule has 0 saturated heterocycles. The van der Waals surface area contributed by atoms with Crippen LogP contribution in [0.15, 0.2) is 82.8 Å². The number of hydrazone groups is 1. The summed E-state index contributed by atoms with van der Waals surface area (Å²) in [6.45, 7) is 3.65. The van der Waals surface area contributed by atoms with Crippen molar-refractivity contribution in [1.82, 2.24) is 0 Å². The van der Waals surface area contributed by atoms with Crippen LogP contribution in [0.5, 0.6) is 5.75 Å². The molecule has 0 aliphatic rings. The van der Waals surface area contributed by atoms with Gasteiger partial charge in [-0.1, -0.05) is 48.0 Å². The van der Waals surface area contributed by atoms with Crippen LogP contribution in [0.1, 0.15) is 16.7 Å². The van der Waals surface area contributed by atoms with Gasteiger partial charge in [0, 0.05) is 17.7 Å².